The highest BCUT2D eigenvalue weighted by atomic mass is 16.5. The number of H-pyrrole nitrogens is 1. The Kier molecular flexibility index (Phi) is 7.36. The molecule has 1 saturated heterocycles. The van der Waals surface area contributed by atoms with E-state index in [1.165, 1.54) is 10.9 Å². The molecule has 30 heavy (non-hydrogen) atoms. The molecule has 4 rings (SSSR count). The third-order valence-corrected chi connectivity index (χ3v) is 4.52. The van der Waals surface area contributed by atoms with Crippen LogP contribution in [0.3, 0.4) is 0 Å². The fourth-order valence-electron chi connectivity index (χ4n) is 3.12. The van der Waals surface area contributed by atoms with Gasteiger partial charge in [0.1, 0.15) is 24.1 Å². The number of nitrogens with zero attached hydrogens (tertiary/aromatic N) is 2. The van der Waals surface area contributed by atoms with Gasteiger partial charge in [0.25, 0.3) is 0 Å². The Morgan fingerprint density at radius 2 is 1.93 bits per heavy atom. The fourth-order valence-corrected chi connectivity index (χ4v) is 3.12. The van der Waals surface area contributed by atoms with Crippen molar-refractivity contribution in [2.45, 2.75) is 12.6 Å². The molecule has 0 saturated carbocycles. The first-order valence-electron chi connectivity index (χ1n) is 9.42. The Hall–Kier alpha value is -3.43. The first-order valence-corrected chi connectivity index (χ1v) is 9.42. The van der Waals surface area contributed by atoms with E-state index >= 15 is 0 Å². The van der Waals surface area contributed by atoms with Crippen molar-refractivity contribution in [1.29, 1.82) is 0 Å². The molecule has 3 N–H and O–H groups in total. The number of aromatic nitrogens is 2. The van der Waals surface area contributed by atoms with Crippen LogP contribution in [0.5, 0.6) is 5.75 Å². The normalized spacial score (nSPS) is 16.5. The fraction of sp³-hybridized carbons (Fsp3) is 0.286. The number of pyridine rings is 1. The zero-order chi connectivity index (χ0) is 21.3. The van der Waals surface area contributed by atoms with Gasteiger partial charge in [0, 0.05) is 37.4 Å². The molecule has 1 aliphatic heterocycles. The number of rotatable bonds is 5. The van der Waals surface area contributed by atoms with Crippen molar-refractivity contribution in [2.24, 2.45) is 0 Å². The zero-order valence-electron chi connectivity index (χ0n) is 16.2. The van der Waals surface area contributed by atoms with Crippen molar-refractivity contribution in [3.8, 4) is 5.75 Å². The minimum Gasteiger partial charge on any atom is -0.491 e. The highest BCUT2D eigenvalue weighted by Crippen LogP contribution is 2.19. The average molecular weight is 413 g/mol. The molecule has 158 valence electrons. The van der Waals surface area contributed by atoms with Crippen molar-refractivity contribution < 1.29 is 29.3 Å². The summed E-state index contributed by atoms with van der Waals surface area (Å²) in [6.07, 6.45) is 3.97. The molecule has 1 aromatic carbocycles. The molecule has 1 unspecified atom stereocenters. The first kappa shape index (κ1) is 21.3. The number of carboxylic acid groups (broad SMARTS) is 2. The van der Waals surface area contributed by atoms with E-state index in [2.05, 4.69) is 27.1 Å². The van der Waals surface area contributed by atoms with Gasteiger partial charge in [-0.1, -0.05) is 18.2 Å². The van der Waals surface area contributed by atoms with E-state index in [9.17, 15) is 0 Å². The van der Waals surface area contributed by atoms with Gasteiger partial charge in [-0.05, 0) is 29.8 Å². The van der Waals surface area contributed by atoms with Gasteiger partial charge in [0.15, 0.2) is 0 Å². The Labute approximate surface area is 172 Å². The third-order valence-electron chi connectivity index (χ3n) is 4.52. The van der Waals surface area contributed by atoms with Crippen LogP contribution in [0.25, 0.3) is 11.0 Å². The number of para-hydroxylation sites is 1. The minimum atomic E-state index is -1.82. The predicted molar refractivity (Wildman–Crippen MR) is 108 cm³/mol. The molecule has 3 aromatic rings. The summed E-state index contributed by atoms with van der Waals surface area (Å²) in [6.45, 7) is 4.03. The lowest BCUT2D eigenvalue weighted by atomic mass is 10.2. The highest BCUT2D eigenvalue weighted by molar-refractivity contribution is 6.27. The topological polar surface area (TPSA) is 125 Å². The van der Waals surface area contributed by atoms with Gasteiger partial charge in [-0.2, -0.15) is 0 Å². The second-order valence-electron chi connectivity index (χ2n) is 6.68. The Morgan fingerprint density at radius 1 is 1.17 bits per heavy atom. The van der Waals surface area contributed by atoms with Crippen LogP contribution in [-0.4, -0.2) is 69.4 Å². The predicted octanol–water partition coefficient (Wildman–Crippen LogP) is 2.00. The van der Waals surface area contributed by atoms with Crippen molar-refractivity contribution >= 4 is 23.0 Å². The summed E-state index contributed by atoms with van der Waals surface area (Å²) in [5.74, 6) is -2.76. The molecular formula is C21H23N3O6. The lowest BCUT2D eigenvalue weighted by Gasteiger charge is -2.32. The van der Waals surface area contributed by atoms with Crippen LogP contribution in [-0.2, 0) is 20.9 Å². The van der Waals surface area contributed by atoms with Crippen LogP contribution in [0, 0.1) is 0 Å². The third kappa shape index (κ3) is 6.03. The maximum Gasteiger partial charge on any atom is 0.414 e. The minimum absolute atomic E-state index is 0.0993. The first-order chi connectivity index (χ1) is 14.5. The molecule has 9 heteroatoms. The Balaban J connectivity index is 0.000000377. The lowest BCUT2D eigenvalue weighted by molar-refractivity contribution is -0.159. The number of aromatic amines is 1. The van der Waals surface area contributed by atoms with Gasteiger partial charge in [-0.15, -0.1) is 0 Å². The van der Waals surface area contributed by atoms with Crippen LogP contribution in [0.4, 0.5) is 0 Å². The number of carboxylic acids is 2. The van der Waals surface area contributed by atoms with E-state index in [1.807, 2.05) is 42.6 Å². The molecule has 0 bridgehead atoms. The number of morpholine rings is 1. The largest absolute Gasteiger partial charge is 0.491 e. The summed E-state index contributed by atoms with van der Waals surface area (Å²) >= 11 is 0. The van der Waals surface area contributed by atoms with Crippen LogP contribution < -0.4 is 4.74 Å². The van der Waals surface area contributed by atoms with Gasteiger partial charge in [0.2, 0.25) is 0 Å². The number of benzene rings is 1. The van der Waals surface area contributed by atoms with E-state index < -0.39 is 11.9 Å². The highest BCUT2D eigenvalue weighted by Gasteiger charge is 2.22. The number of hydrogen-bond donors (Lipinski definition) is 3. The second-order valence-corrected chi connectivity index (χ2v) is 6.68. The molecule has 0 aliphatic carbocycles. The SMILES string of the molecule is O=C(O)C(=O)O.c1ccc(OCC2CN(Cc3c[nH]c4ncccc34)CCO2)cc1. The number of aliphatic carboxylic acids is 2. The molecule has 0 amide bonds. The van der Waals surface area contributed by atoms with E-state index in [0.29, 0.717) is 6.61 Å². The summed E-state index contributed by atoms with van der Waals surface area (Å²) in [7, 11) is 0. The standard InChI is InChI=1S/C19H21N3O2.C2H2O4/c1-2-5-16(6-3-1)24-14-17-13-22(9-10-23-17)12-15-11-21-19-18(15)7-4-8-20-19;3-1(4)2(5)6/h1-8,11,17H,9-10,12-14H2,(H,20,21);(H,3,4)(H,5,6). The maximum atomic E-state index is 9.10. The van der Waals surface area contributed by atoms with Gasteiger partial charge >= 0.3 is 11.9 Å². The molecule has 0 radical (unpaired) electrons. The number of carbonyl (C=O) groups is 2. The van der Waals surface area contributed by atoms with E-state index in [-0.39, 0.29) is 6.10 Å². The van der Waals surface area contributed by atoms with Crippen molar-refractivity contribution in [3.63, 3.8) is 0 Å². The Morgan fingerprint density at radius 3 is 2.67 bits per heavy atom. The molecule has 2 aromatic heterocycles. The molecule has 9 nitrogen and oxygen atoms in total. The smallest absolute Gasteiger partial charge is 0.414 e. The van der Waals surface area contributed by atoms with Crippen molar-refractivity contribution in [2.75, 3.05) is 26.3 Å². The molecule has 0 spiro atoms. The second kappa shape index (κ2) is 10.4. The van der Waals surface area contributed by atoms with E-state index in [0.717, 1.165) is 37.6 Å². The lowest BCUT2D eigenvalue weighted by Crippen LogP contribution is -2.44. The van der Waals surface area contributed by atoms with E-state index in [4.69, 9.17) is 29.3 Å². The van der Waals surface area contributed by atoms with E-state index in [1.54, 1.807) is 0 Å². The quantitative estimate of drug-likeness (QED) is 0.543. The number of fused-ring (bicyclic) bond motifs is 1. The van der Waals surface area contributed by atoms with Gasteiger partial charge in [0.05, 0.1) is 6.61 Å². The summed E-state index contributed by atoms with van der Waals surface area (Å²) < 4.78 is 11.7. The molecule has 1 atom stereocenters. The molecular weight excluding hydrogens is 390 g/mol. The van der Waals surface area contributed by atoms with Gasteiger partial charge in [-0.3, -0.25) is 4.90 Å². The van der Waals surface area contributed by atoms with Gasteiger partial charge < -0.3 is 24.7 Å². The van der Waals surface area contributed by atoms with Crippen LogP contribution in [0.1, 0.15) is 5.56 Å². The molecule has 1 fully saturated rings. The summed E-state index contributed by atoms with van der Waals surface area (Å²) in [5.41, 5.74) is 2.23. The number of hydrogen-bond acceptors (Lipinski definition) is 6. The maximum absolute atomic E-state index is 9.10. The monoisotopic (exact) mass is 413 g/mol. The molecule has 3 heterocycles. The van der Waals surface area contributed by atoms with Crippen LogP contribution >= 0.6 is 0 Å². The number of nitrogens with one attached hydrogen (secondary N) is 1. The average Bonchev–Trinajstić information content (AvgIpc) is 3.17. The zero-order valence-corrected chi connectivity index (χ0v) is 16.2. The Bertz CT molecular complexity index is 963. The van der Waals surface area contributed by atoms with Crippen LogP contribution in [0.15, 0.2) is 54.9 Å². The summed E-state index contributed by atoms with van der Waals surface area (Å²) in [4.78, 5) is 28.2. The van der Waals surface area contributed by atoms with Gasteiger partial charge in [-0.25, -0.2) is 14.6 Å². The summed E-state index contributed by atoms with van der Waals surface area (Å²) in [6, 6.07) is 14.0. The number of ether oxygens (including phenoxy) is 2. The summed E-state index contributed by atoms with van der Waals surface area (Å²) in [5, 5.41) is 16.0. The molecule has 1 aliphatic rings. The van der Waals surface area contributed by atoms with Crippen molar-refractivity contribution in [1.82, 2.24) is 14.9 Å². The van der Waals surface area contributed by atoms with Crippen molar-refractivity contribution in [3.05, 3.63) is 60.4 Å². The van der Waals surface area contributed by atoms with Crippen LogP contribution in [0.2, 0.25) is 0 Å².